The van der Waals surface area contributed by atoms with Gasteiger partial charge in [-0.25, -0.2) is 4.98 Å². The predicted octanol–water partition coefficient (Wildman–Crippen LogP) is 1.94. The maximum Gasteiger partial charge on any atom is 0.126 e. The molecule has 1 aliphatic carbocycles. The van der Waals surface area contributed by atoms with Crippen LogP contribution in [0.1, 0.15) is 31.2 Å². The maximum atomic E-state index is 9.36. The standard InChI is InChI=1S/C13H21N3O/c1-9-6-13(15-7-11(9)14)16-12-5-3-2-4-10(12)8-17/h6-7,10,12,17H,2-5,8,14H2,1H3,(H,15,16). The van der Waals surface area contributed by atoms with Crippen LogP contribution in [0.5, 0.6) is 0 Å². The van der Waals surface area contributed by atoms with Gasteiger partial charge in [-0.1, -0.05) is 12.8 Å². The Hall–Kier alpha value is -1.29. The van der Waals surface area contributed by atoms with Gasteiger partial charge in [-0.05, 0) is 31.4 Å². The summed E-state index contributed by atoms with van der Waals surface area (Å²) in [7, 11) is 0. The monoisotopic (exact) mass is 235 g/mol. The summed E-state index contributed by atoms with van der Waals surface area (Å²) in [5.74, 6) is 1.21. The van der Waals surface area contributed by atoms with Gasteiger partial charge in [0.2, 0.25) is 0 Å². The van der Waals surface area contributed by atoms with Gasteiger partial charge in [0, 0.05) is 18.6 Å². The maximum absolute atomic E-state index is 9.36. The Morgan fingerprint density at radius 2 is 2.24 bits per heavy atom. The highest BCUT2D eigenvalue weighted by molar-refractivity contribution is 5.51. The molecule has 2 unspecified atom stereocenters. The molecule has 1 aromatic rings. The van der Waals surface area contributed by atoms with Crippen molar-refractivity contribution in [3.63, 3.8) is 0 Å². The molecule has 0 aromatic carbocycles. The van der Waals surface area contributed by atoms with Crippen LogP contribution in [-0.4, -0.2) is 22.7 Å². The van der Waals surface area contributed by atoms with E-state index in [2.05, 4.69) is 10.3 Å². The Morgan fingerprint density at radius 3 is 2.94 bits per heavy atom. The van der Waals surface area contributed by atoms with Gasteiger partial charge >= 0.3 is 0 Å². The second kappa shape index (κ2) is 5.36. The van der Waals surface area contributed by atoms with Crippen LogP contribution in [-0.2, 0) is 0 Å². The average molecular weight is 235 g/mol. The second-order valence-corrected chi connectivity index (χ2v) is 4.90. The molecule has 4 heteroatoms. The molecule has 0 saturated heterocycles. The molecular weight excluding hydrogens is 214 g/mol. The first-order chi connectivity index (χ1) is 8.20. The number of hydrogen-bond acceptors (Lipinski definition) is 4. The lowest BCUT2D eigenvalue weighted by molar-refractivity contribution is 0.178. The summed E-state index contributed by atoms with van der Waals surface area (Å²) in [6, 6.07) is 2.31. The minimum Gasteiger partial charge on any atom is -0.397 e. The fourth-order valence-electron chi connectivity index (χ4n) is 2.45. The average Bonchev–Trinajstić information content (AvgIpc) is 2.34. The molecule has 4 N–H and O–H groups in total. The number of aryl methyl sites for hydroxylation is 1. The third-order valence-electron chi connectivity index (χ3n) is 3.63. The van der Waals surface area contributed by atoms with Crippen LogP contribution in [0.25, 0.3) is 0 Å². The lowest BCUT2D eigenvalue weighted by Crippen LogP contribution is -2.34. The van der Waals surface area contributed by atoms with E-state index in [-0.39, 0.29) is 6.61 Å². The van der Waals surface area contributed by atoms with Gasteiger partial charge in [-0.15, -0.1) is 0 Å². The normalized spacial score (nSPS) is 24.6. The number of nitrogens with zero attached hydrogens (tertiary/aromatic N) is 1. The number of anilines is 2. The highest BCUT2D eigenvalue weighted by atomic mass is 16.3. The first-order valence-electron chi connectivity index (χ1n) is 6.30. The number of rotatable bonds is 3. The second-order valence-electron chi connectivity index (χ2n) is 4.90. The van der Waals surface area contributed by atoms with Crippen molar-refractivity contribution in [3.05, 3.63) is 17.8 Å². The highest BCUT2D eigenvalue weighted by Crippen LogP contribution is 2.27. The lowest BCUT2D eigenvalue weighted by atomic mass is 9.85. The van der Waals surface area contributed by atoms with E-state index in [4.69, 9.17) is 5.73 Å². The van der Waals surface area contributed by atoms with Crippen molar-refractivity contribution in [2.24, 2.45) is 5.92 Å². The number of nitrogen functional groups attached to an aromatic ring is 1. The zero-order valence-corrected chi connectivity index (χ0v) is 10.3. The summed E-state index contributed by atoms with van der Waals surface area (Å²) in [6.07, 6.45) is 6.34. The molecule has 0 bridgehead atoms. The van der Waals surface area contributed by atoms with Gasteiger partial charge < -0.3 is 16.2 Å². The molecule has 17 heavy (non-hydrogen) atoms. The summed E-state index contributed by atoms with van der Waals surface area (Å²) in [4.78, 5) is 4.28. The van der Waals surface area contributed by atoms with Crippen LogP contribution in [0.2, 0.25) is 0 Å². The van der Waals surface area contributed by atoms with Crippen LogP contribution in [0, 0.1) is 12.8 Å². The van der Waals surface area contributed by atoms with Gasteiger partial charge in [0.05, 0.1) is 11.9 Å². The van der Waals surface area contributed by atoms with E-state index in [1.54, 1.807) is 6.20 Å². The smallest absolute Gasteiger partial charge is 0.126 e. The molecule has 1 aliphatic rings. The molecule has 0 spiro atoms. The third-order valence-corrected chi connectivity index (χ3v) is 3.63. The number of nitrogens with two attached hydrogens (primary N) is 1. The van der Waals surface area contributed by atoms with Crippen LogP contribution in [0.3, 0.4) is 0 Å². The van der Waals surface area contributed by atoms with Gasteiger partial charge in [-0.2, -0.15) is 0 Å². The Bertz CT molecular complexity index is 381. The van der Waals surface area contributed by atoms with Gasteiger partial charge in [0.25, 0.3) is 0 Å². The third kappa shape index (κ3) is 2.88. The van der Waals surface area contributed by atoms with E-state index in [9.17, 15) is 5.11 Å². The molecule has 0 aliphatic heterocycles. The Morgan fingerprint density at radius 1 is 1.47 bits per heavy atom. The molecular formula is C13H21N3O. The number of aromatic nitrogens is 1. The molecule has 0 radical (unpaired) electrons. The Labute approximate surface area is 102 Å². The zero-order chi connectivity index (χ0) is 12.3. The van der Waals surface area contributed by atoms with Crippen molar-refractivity contribution in [1.82, 2.24) is 4.98 Å². The number of aliphatic hydroxyl groups is 1. The van der Waals surface area contributed by atoms with E-state index in [1.807, 2.05) is 13.0 Å². The summed E-state index contributed by atoms with van der Waals surface area (Å²) in [5.41, 5.74) is 7.51. The van der Waals surface area contributed by atoms with Crippen molar-refractivity contribution in [3.8, 4) is 0 Å². The fraction of sp³-hybridized carbons (Fsp3) is 0.615. The van der Waals surface area contributed by atoms with Crippen molar-refractivity contribution in [2.75, 3.05) is 17.7 Å². The van der Waals surface area contributed by atoms with E-state index in [0.717, 1.165) is 29.9 Å². The number of aliphatic hydroxyl groups excluding tert-OH is 1. The van der Waals surface area contributed by atoms with Gasteiger partial charge in [0.1, 0.15) is 5.82 Å². The molecule has 0 amide bonds. The number of nitrogens with one attached hydrogen (secondary N) is 1. The first kappa shape index (κ1) is 12.2. The Balaban J connectivity index is 2.05. The summed E-state index contributed by atoms with van der Waals surface area (Å²) in [6.45, 7) is 2.23. The summed E-state index contributed by atoms with van der Waals surface area (Å²) >= 11 is 0. The molecule has 1 fully saturated rings. The number of pyridine rings is 1. The SMILES string of the molecule is Cc1cc(NC2CCCCC2CO)ncc1N. The summed E-state index contributed by atoms with van der Waals surface area (Å²) < 4.78 is 0. The van der Waals surface area contributed by atoms with E-state index < -0.39 is 0 Å². The lowest BCUT2D eigenvalue weighted by Gasteiger charge is -2.31. The minimum absolute atomic E-state index is 0.256. The van der Waals surface area contributed by atoms with Crippen molar-refractivity contribution < 1.29 is 5.11 Å². The van der Waals surface area contributed by atoms with Crippen molar-refractivity contribution >= 4 is 11.5 Å². The molecule has 1 saturated carbocycles. The molecule has 1 aromatic heterocycles. The molecule has 2 rings (SSSR count). The first-order valence-corrected chi connectivity index (χ1v) is 6.30. The molecule has 94 valence electrons. The topological polar surface area (TPSA) is 71.2 Å². The number of hydrogen-bond donors (Lipinski definition) is 3. The molecule has 2 atom stereocenters. The largest absolute Gasteiger partial charge is 0.397 e. The van der Waals surface area contributed by atoms with E-state index in [0.29, 0.717) is 12.0 Å². The fourth-order valence-corrected chi connectivity index (χ4v) is 2.45. The minimum atomic E-state index is 0.256. The highest BCUT2D eigenvalue weighted by Gasteiger charge is 2.24. The van der Waals surface area contributed by atoms with E-state index in [1.165, 1.54) is 12.8 Å². The van der Waals surface area contributed by atoms with Gasteiger partial charge in [0.15, 0.2) is 0 Å². The van der Waals surface area contributed by atoms with Crippen molar-refractivity contribution in [1.29, 1.82) is 0 Å². The van der Waals surface area contributed by atoms with E-state index >= 15 is 0 Å². The van der Waals surface area contributed by atoms with Crippen LogP contribution in [0.4, 0.5) is 11.5 Å². The van der Waals surface area contributed by atoms with Crippen LogP contribution >= 0.6 is 0 Å². The predicted molar refractivity (Wildman–Crippen MR) is 69.8 cm³/mol. The van der Waals surface area contributed by atoms with Crippen molar-refractivity contribution in [2.45, 2.75) is 38.6 Å². The summed E-state index contributed by atoms with van der Waals surface area (Å²) in [5, 5.41) is 12.8. The zero-order valence-electron chi connectivity index (χ0n) is 10.3. The quantitative estimate of drug-likeness (QED) is 0.748. The molecule has 1 heterocycles. The van der Waals surface area contributed by atoms with Crippen LogP contribution in [0.15, 0.2) is 12.3 Å². The molecule has 4 nitrogen and oxygen atoms in total. The van der Waals surface area contributed by atoms with Crippen LogP contribution < -0.4 is 11.1 Å². The van der Waals surface area contributed by atoms with Gasteiger partial charge in [-0.3, -0.25) is 0 Å². The Kier molecular flexibility index (Phi) is 3.84.